The predicted molar refractivity (Wildman–Crippen MR) is 63.6 cm³/mol. The number of hydrogen-bond donors (Lipinski definition) is 2. The first-order valence-electron chi connectivity index (χ1n) is 5.30. The van der Waals surface area contributed by atoms with Crippen LogP contribution < -0.4 is 4.72 Å². The molecule has 2 atom stereocenters. The Kier molecular flexibility index (Phi) is 5.38. The second-order valence-electron chi connectivity index (χ2n) is 3.75. The van der Waals surface area contributed by atoms with Gasteiger partial charge >= 0.3 is 0 Å². The Hall–Kier alpha value is 0.220. The molecule has 6 heteroatoms. The summed E-state index contributed by atoms with van der Waals surface area (Å²) in [5.41, 5.74) is 0. The van der Waals surface area contributed by atoms with E-state index in [4.69, 9.17) is 5.11 Å². The first kappa shape index (κ1) is 13.3. The molecule has 0 radical (unpaired) electrons. The highest BCUT2D eigenvalue weighted by atomic mass is 32.2. The van der Waals surface area contributed by atoms with E-state index < -0.39 is 10.0 Å². The summed E-state index contributed by atoms with van der Waals surface area (Å²) in [5, 5.41) is 9.18. The second-order valence-corrected chi connectivity index (χ2v) is 7.20. The van der Waals surface area contributed by atoms with Gasteiger partial charge in [-0.25, -0.2) is 13.1 Å². The van der Waals surface area contributed by atoms with E-state index in [1.54, 1.807) is 0 Å². The van der Waals surface area contributed by atoms with Gasteiger partial charge in [-0.15, -0.1) is 0 Å². The lowest BCUT2D eigenvalue weighted by Crippen LogP contribution is -2.35. The summed E-state index contributed by atoms with van der Waals surface area (Å²) in [6.45, 7) is 1.81. The van der Waals surface area contributed by atoms with Gasteiger partial charge in [0.05, 0.1) is 12.4 Å². The van der Waals surface area contributed by atoms with Crippen LogP contribution >= 0.6 is 11.8 Å². The Morgan fingerprint density at radius 1 is 1.47 bits per heavy atom. The maximum absolute atomic E-state index is 11.4. The van der Waals surface area contributed by atoms with Crippen LogP contribution in [-0.2, 0) is 10.0 Å². The van der Waals surface area contributed by atoms with Crippen molar-refractivity contribution < 1.29 is 13.5 Å². The Balaban J connectivity index is 2.35. The molecule has 1 fully saturated rings. The maximum atomic E-state index is 11.4. The van der Waals surface area contributed by atoms with E-state index >= 15 is 0 Å². The summed E-state index contributed by atoms with van der Waals surface area (Å²) >= 11 is 1.90. The van der Waals surface area contributed by atoms with Crippen LogP contribution in [0.3, 0.4) is 0 Å². The van der Waals surface area contributed by atoms with Crippen LogP contribution in [0.1, 0.15) is 26.2 Å². The van der Waals surface area contributed by atoms with Gasteiger partial charge in [0.1, 0.15) is 0 Å². The van der Waals surface area contributed by atoms with Crippen molar-refractivity contribution in [1.29, 1.82) is 0 Å². The van der Waals surface area contributed by atoms with Crippen molar-refractivity contribution in [3.05, 3.63) is 0 Å². The summed E-state index contributed by atoms with van der Waals surface area (Å²) in [6, 6.07) is 0.0746. The standard InChI is InChI=1S/C9H19NO3S2/c1-2-14-9-4-3-8(7-9)10-15(12,13)6-5-11/h8-11H,2-7H2,1H3. The molecule has 0 amide bonds. The summed E-state index contributed by atoms with van der Waals surface area (Å²) in [6.07, 6.45) is 2.93. The number of nitrogens with one attached hydrogen (secondary N) is 1. The first-order chi connectivity index (χ1) is 7.07. The van der Waals surface area contributed by atoms with Gasteiger partial charge < -0.3 is 5.11 Å². The highest BCUT2D eigenvalue weighted by Gasteiger charge is 2.27. The lowest BCUT2D eigenvalue weighted by Gasteiger charge is -2.12. The predicted octanol–water partition coefficient (Wildman–Crippen LogP) is 0.572. The monoisotopic (exact) mass is 253 g/mol. The molecule has 0 aromatic rings. The Morgan fingerprint density at radius 3 is 2.80 bits per heavy atom. The fraction of sp³-hybridized carbons (Fsp3) is 1.00. The molecular formula is C9H19NO3S2. The van der Waals surface area contributed by atoms with E-state index in [1.165, 1.54) is 0 Å². The van der Waals surface area contributed by atoms with Crippen LogP contribution in [-0.4, -0.2) is 42.9 Å². The van der Waals surface area contributed by atoms with E-state index in [0.29, 0.717) is 5.25 Å². The first-order valence-corrected chi connectivity index (χ1v) is 8.00. The molecule has 90 valence electrons. The molecule has 1 saturated carbocycles. The van der Waals surface area contributed by atoms with Gasteiger partial charge in [0.15, 0.2) is 0 Å². The van der Waals surface area contributed by atoms with Crippen LogP contribution in [0.5, 0.6) is 0 Å². The molecule has 0 spiro atoms. The van der Waals surface area contributed by atoms with Crippen molar-refractivity contribution in [3.8, 4) is 0 Å². The van der Waals surface area contributed by atoms with Crippen molar-refractivity contribution in [2.45, 2.75) is 37.5 Å². The summed E-state index contributed by atoms with van der Waals surface area (Å²) in [4.78, 5) is 0. The molecule has 0 aliphatic heterocycles. The van der Waals surface area contributed by atoms with Gasteiger partial charge in [-0.05, 0) is 25.0 Å². The van der Waals surface area contributed by atoms with Crippen molar-refractivity contribution in [2.24, 2.45) is 0 Å². The van der Waals surface area contributed by atoms with E-state index in [0.717, 1.165) is 25.0 Å². The average Bonchev–Trinajstić information content (AvgIpc) is 2.52. The number of hydrogen-bond acceptors (Lipinski definition) is 4. The molecule has 1 aliphatic carbocycles. The second kappa shape index (κ2) is 6.08. The van der Waals surface area contributed by atoms with E-state index in [9.17, 15) is 8.42 Å². The van der Waals surface area contributed by atoms with Crippen LogP contribution in [0.2, 0.25) is 0 Å². The van der Waals surface area contributed by atoms with Crippen LogP contribution in [0, 0.1) is 0 Å². The minimum Gasteiger partial charge on any atom is -0.395 e. The van der Waals surface area contributed by atoms with Gasteiger partial charge in [-0.2, -0.15) is 11.8 Å². The molecule has 2 N–H and O–H groups in total. The highest BCUT2D eigenvalue weighted by molar-refractivity contribution is 7.99. The van der Waals surface area contributed by atoms with Crippen molar-refractivity contribution in [1.82, 2.24) is 4.72 Å². The van der Waals surface area contributed by atoms with Crippen molar-refractivity contribution in [3.63, 3.8) is 0 Å². The zero-order chi connectivity index (χ0) is 11.3. The molecule has 0 saturated heterocycles. The van der Waals surface area contributed by atoms with Crippen LogP contribution in [0.25, 0.3) is 0 Å². The van der Waals surface area contributed by atoms with E-state index in [-0.39, 0.29) is 18.4 Å². The van der Waals surface area contributed by atoms with Gasteiger partial charge in [0, 0.05) is 11.3 Å². The molecule has 0 aromatic carbocycles. The topological polar surface area (TPSA) is 66.4 Å². The summed E-state index contributed by atoms with van der Waals surface area (Å²) in [5.74, 6) is 0.899. The van der Waals surface area contributed by atoms with Crippen molar-refractivity contribution >= 4 is 21.8 Å². The minimum absolute atomic E-state index is 0.0746. The number of aliphatic hydroxyl groups is 1. The highest BCUT2D eigenvalue weighted by Crippen LogP contribution is 2.29. The minimum atomic E-state index is -3.26. The van der Waals surface area contributed by atoms with Gasteiger partial charge in [-0.3, -0.25) is 0 Å². The molecule has 4 nitrogen and oxygen atoms in total. The number of sulfonamides is 1. The molecule has 15 heavy (non-hydrogen) atoms. The molecular weight excluding hydrogens is 234 g/mol. The third-order valence-electron chi connectivity index (χ3n) is 2.49. The number of aliphatic hydroxyl groups excluding tert-OH is 1. The number of rotatable bonds is 6. The fourth-order valence-corrected chi connectivity index (χ4v) is 4.09. The van der Waals surface area contributed by atoms with Gasteiger partial charge in [0.25, 0.3) is 0 Å². The Labute approximate surface area is 95.9 Å². The fourth-order valence-electron chi connectivity index (χ4n) is 1.87. The lowest BCUT2D eigenvalue weighted by molar-refractivity contribution is 0.319. The third-order valence-corrected chi connectivity index (χ3v) is 5.14. The van der Waals surface area contributed by atoms with Crippen molar-refractivity contribution in [2.75, 3.05) is 18.1 Å². The zero-order valence-electron chi connectivity index (χ0n) is 8.98. The Bertz CT molecular complexity index is 279. The quantitative estimate of drug-likeness (QED) is 0.726. The molecule has 0 bridgehead atoms. The molecule has 1 rings (SSSR count). The molecule has 2 unspecified atom stereocenters. The SMILES string of the molecule is CCSC1CCC(NS(=O)(=O)CCO)C1. The summed E-state index contributed by atoms with van der Waals surface area (Å²) < 4.78 is 25.4. The van der Waals surface area contributed by atoms with Crippen LogP contribution in [0.15, 0.2) is 0 Å². The maximum Gasteiger partial charge on any atom is 0.214 e. The smallest absolute Gasteiger partial charge is 0.214 e. The normalized spacial score (nSPS) is 27.1. The molecule has 0 heterocycles. The van der Waals surface area contributed by atoms with Gasteiger partial charge in [0.2, 0.25) is 10.0 Å². The largest absolute Gasteiger partial charge is 0.395 e. The third kappa shape index (κ3) is 4.72. The Morgan fingerprint density at radius 2 is 2.20 bits per heavy atom. The lowest BCUT2D eigenvalue weighted by atomic mass is 10.3. The average molecular weight is 253 g/mol. The van der Waals surface area contributed by atoms with Crippen LogP contribution in [0.4, 0.5) is 0 Å². The van der Waals surface area contributed by atoms with E-state index in [1.807, 2.05) is 11.8 Å². The number of thioether (sulfide) groups is 1. The van der Waals surface area contributed by atoms with Gasteiger partial charge in [-0.1, -0.05) is 6.92 Å². The molecule has 1 aliphatic rings. The molecule has 0 aromatic heterocycles. The zero-order valence-corrected chi connectivity index (χ0v) is 10.6. The van der Waals surface area contributed by atoms with E-state index in [2.05, 4.69) is 11.6 Å². The summed E-state index contributed by atoms with van der Waals surface area (Å²) in [7, 11) is -3.26.